The summed E-state index contributed by atoms with van der Waals surface area (Å²) in [6.07, 6.45) is 21.7. The van der Waals surface area contributed by atoms with E-state index in [1.807, 2.05) is 7.05 Å². The first-order valence-corrected chi connectivity index (χ1v) is 13.9. The van der Waals surface area contributed by atoms with E-state index in [1.54, 1.807) is 0 Å². The molecule has 0 radical (unpaired) electrons. The highest BCUT2D eigenvalue weighted by molar-refractivity contribution is 7.47. The highest BCUT2D eigenvalue weighted by atomic mass is 31.2. The van der Waals surface area contributed by atoms with E-state index in [-0.39, 0.29) is 6.10 Å². The number of likely N-dealkylation sites (tertiary alicyclic amines) is 1. The molecule has 2 unspecified atom stereocenters. The molecule has 1 rings (SSSR count). The fourth-order valence-electron chi connectivity index (χ4n) is 4.03. The molecule has 1 aliphatic rings. The molecule has 1 fully saturated rings. The molecule has 0 amide bonds. The van der Waals surface area contributed by atoms with Crippen molar-refractivity contribution in [2.45, 2.75) is 122 Å². The van der Waals surface area contributed by atoms with Crippen LogP contribution in [-0.2, 0) is 13.6 Å². The molecule has 0 aromatic carbocycles. The molecule has 1 saturated heterocycles. The first kappa shape index (κ1) is 27.1. The molecule has 0 spiro atoms. The second kappa shape index (κ2) is 17.7. The van der Waals surface area contributed by atoms with Crippen LogP contribution in [0.4, 0.5) is 0 Å². The minimum Gasteiger partial charge on any atom is -0.304 e. The molecule has 6 heteroatoms. The number of hydrogen-bond donors (Lipinski definition) is 1. The van der Waals surface area contributed by atoms with E-state index >= 15 is 0 Å². The van der Waals surface area contributed by atoms with Gasteiger partial charge in [-0.15, -0.1) is 0 Å². The fourth-order valence-corrected chi connectivity index (χ4v) is 5.00. The van der Waals surface area contributed by atoms with Crippen LogP contribution in [0.25, 0.3) is 0 Å². The number of nitrogens with zero attached hydrogens (tertiary/aromatic N) is 1. The Bertz CT molecular complexity index is 422. The van der Waals surface area contributed by atoms with Gasteiger partial charge < -0.3 is 9.79 Å². The number of phosphoric ester groups is 1. The van der Waals surface area contributed by atoms with Gasteiger partial charge in [-0.25, -0.2) is 4.57 Å². The summed E-state index contributed by atoms with van der Waals surface area (Å²) < 4.78 is 22.3. The van der Waals surface area contributed by atoms with E-state index < -0.39 is 7.82 Å². The zero-order chi connectivity index (χ0) is 21.2. The van der Waals surface area contributed by atoms with Crippen LogP contribution in [0.3, 0.4) is 0 Å². The molecule has 1 N–H and O–H groups in total. The molecular formula is C23H48NO4P. The van der Waals surface area contributed by atoms with Gasteiger partial charge in [0.05, 0.1) is 12.7 Å². The van der Waals surface area contributed by atoms with Crippen LogP contribution in [-0.4, -0.2) is 42.6 Å². The molecule has 29 heavy (non-hydrogen) atoms. The van der Waals surface area contributed by atoms with E-state index in [2.05, 4.69) is 11.8 Å². The van der Waals surface area contributed by atoms with Crippen molar-refractivity contribution in [3.63, 3.8) is 0 Å². The van der Waals surface area contributed by atoms with E-state index in [4.69, 9.17) is 9.05 Å². The predicted octanol–water partition coefficient (Wildman–Crippen LogP) is 7.09. The van der Waals surface area contributed by atoms with Crippen molar-refractivity contribution >= 4 is 7.82 Å². The number of phosphoric acid groups is 1. The molecule has 0 aliphatic carbocycles. The number of hydrogen-bond acceptors (Lipinski definition) is 4. The molecule has 2 atom stereocenters. The average Bonchev–Trinajstić information content (AvgIpc) is 3.08. The third-order valence-electron chi connectivity index (χ3n) is 5.88. The first-order valence-electron chi connectivity index (χ1n) is 12.4. The van der Waals surface area contributed by atoms with Crippen LogP contribution in [0.1, 0.15) is 116 Å². The standard InChI is InChI=1S/C23H48NO4P/c1-3-4-5-6-7-8-9-10-11-12-13-14-15-16-17-18-21-27-29(25,26)28-23-19-20-24(2)22-23/h23H,3-22H2,1-2H3,(H,25,26). The first-order chi connectivity index (χ1) is 14.0. The van der Waals surface area contributed by atoms with Crippen LogP contribution in [0.2, 0.25) is 0 Å². The number of likely N-dealkylation sites (N-methyl/N-ethyl adjacent to an activating group) is 1. The van der Waals surface area contributed by atoms with Gasteiger partial charge in [-0.05, 0) is 19.9 Å². The van der Waals surface area contributed by atoms with E-state index in [0.29, 0.717) is 13.2 Å². The minimum absolute atomic E-state index is 0.179. The second-order valence-electron chi connectivity index (χ2n) is 8.88. The monoisotopic (exact) mass is 433 g/mol. The minimum atomic E-state index is -3.88. The third kappa shape index (κ3) is 16.4. The number of unbranched alkanes of at least 4 members (excludes halogenated alkanes) is 15. The molecule has 0 aromatic rings. The summed E-state index contributed by atoms with van der Waals surface area (Å²) in [7, 11) is -1.90. The molecule has 5 nitrogen and oxygen atoms in total. The number of rotatable bonds is 20. The molecular weight excluding hydrogens is 385 g/mol. The Morgan fingerprint density at radius 2 is 1.28 bits per heavy atom. The van der Waals surface area contributed by atoms with E-state index in [1.165, 1.54) is 89.9 Å². The summed E-state index contributed by atoms with van der Waals surface area (Å²) in [5, 5.41) is 0. The molecule has 1 aliphatic heterocycles. The summed E-state index contributed by atoms with van der Waals surface area (Å²) in [6, 6.07) is 0. The maximum Gasteiger partial charge on any atom is 0.472 e. The van der Waals surface area contributed by atoms with Gasteiger partial charge in [0.15, 0.2) is 0 Å². The zero-order valence-corrected chi connectivity index (χ0v) is 20.2. The second-order valence-corrected chi connectivity index (χ2v) is 10.3. The van der Waals surface area contributed by atoms with Gasteiger partial charge in [0.25, 0.3) is 0 Å². The molecule has 0 aromatic heterocycles. The molecule has 1 heterocycles. The Balaban J connectivity index is 1.78. The summed E-state index contributed by atoms with van der Waals surface area (Å²) >= 11 is 0. The average molecular weight is 434 g/mol. The quantitative estimate of drug-likeness (QED) is 0.164. The van der Waals surface area contributed by atoms with Crippen LogP contribution < -0.4 is 0 Å². The Labute approximate surface area is 180 Å². The smallest absolute Gasteiger partial charge is 0.304 e. The normalized spacial score (nSPS) is 19.6. The Morgan fingerprint density at radius 3 is 1.69 bits per heavy atom. The van der Waals surface area contributed by atoms with Crippen LogP contribution in [0, 0.1) is 0 Å². The topological polar surface area (TPSA) is 59.0 Å². The van der Waals surface area contributed by atoms with Gasteiger partial charge in [0.2, 0.25) is 0 Å². The highest BCUT2D eigenvalue weighted by Crippen LogP contribution is 2.45. The van der Waals surface area contributed by atoms with Crippen LogP contribution >= 0.6 is 7.82 Å². The van der Waals surface area contributed by atoms with E-state index in [0.717, 1.165) is 25.8 Å². The molecule has 0 saturated carbocycles. The molecule has 174 valence electrons. The summed E-state index contributed by atoms with van der Waals surface area (Å²) in [6.45, 7) is 4.20. The lowest BCUT2D eigenvalue weighted by Crippen LogP contribution is -2.18. The maximum absolute atomic E-state index is 11.9. The van der Waals surface area contributed by atoms with Crippen molar-refractivity contribution in [1.29, 1.82) is 0 Å². The van der Waals surface area contributed by atoms with Gasteiger partial charge in [0, 0.05) is 13.1 Å². The van der Waals surface area contributed by atoms with Crippen LogP contribution in [0.5, 0.6) is 0 Å². The Hall–Kier alpha value is 0.0700. The summed E-state index contributed by atoms with van der Waals surface area (Å²) in [5.41, 5.74) is 0. The van der Waals surface area contributed by atoms with Crippen molar-refractivity contribution in [2.75, 3.05) is 26.7 Å². The zero-order valence-electron chi connectivity index (χ0n) is 19.3. The van der Waals surface area contributed by atoms with Gasteiger partial charge in [0.1, 0.15) is 0 Å². The Morgan fingerprint density at radius 1 is 0.828 bits per heavy atom. The molecule has 0 bridgehead atoms. The summed E-state index contributed by atoms with van der Waals surface area (Å²) in [4.78, 5) is 11.9. The SMILES string of the molecule is CCCCCCCCCCCCCCCCCCOP(=O)(O)OC1CCN(C)C1. The van der Waals surface area contributed by atoms with Gasteiger partial charge in [-0.3, -0.25) is 9.05 Å². The predicted molar refractivity (Wildman–Crippen MR) is 122 cm³/mol. The summed E-state index contributed by atoms with van der Waals surface area (Å²) in [5.74, 6) is 0. The van der Waals surface area contributed by atoms with Crippen molar-refractivity contribution in [1.82, 2.24) is 4.90 Å². The van der Waals surface area contributed by atoms with Crippen molar-refractivity contribution in [3.05, 3.63) is 0 Å². The van der Waals surface area contributed by atoms with Crippen molar-refractivity contribution in [2.24, 2.45) is 0 Å². The lowest BCUT2D eigenvalue weighted by molar-refractivity contribution is 0.107. The maximum atomic E-state index is 11.9. The Kier molecular flexibility index (Phi) is 16.6. The van der Waals surface area contributed by atoms with Gasteiger partial charge in [-0.1, -0.05) is 103 Å². The third-order valence-corrected chi connectivity index (χ3v) is 6.96. The fraction of sp³-hybridized carbons (Fsp3) is 1.00. The van der Waals surface area contributed by atoms with Crippen molar-refractivity contribution < 1.29 is 18.5 Å². The van der Waals surface area contributed by atoms with Gasteiger partial charge >= 0.3 is 7.82 Å². The van der Waals surface area contributed by atoms with Crippen LogP contribution in [0.15, 0.2) is 0 Å². The van der Waals surface area contributed by atoms with Crippen molar-refractivity contribution in [3.8, 4) is 0 Å². The highest BCUT2D eigenvalue weighted by Gasteiger charge is 2.30. The van der Waals surface area contributed by atoms with Gasteiger partial charge in [-0.2, -0.15) is 0 Å². The lowest BCUT2D eigenvalue weighted by atomic mass is 10.0. The van der Waals surface area contributed by atoms with E-state index in [9.17, 15) is 9.46 Å². The lowest BCUT2D eigenvalue weighted by Gasteiger charge is -2.16. The largest absolute Gasteiger partial charge is 0.472 e.